The number of amides is 2. The van der Waals surface area contributed by atoms with Crippen molar-refractivity contribution in [2.75, 3.05) is 0 Å². The Labute approximate surface area is 134 Å². The van der Waals surface area contributed by atoms with Crippen LogP contribution in [0.1, 0.15) is 43.6 Å². The highest BCUT2D eigenvalue weighted by Crippen LogP contribution is 2.36. The smallest absolute Gasteiger partial charge is 0.426 e. The van der Waals surface area contributed by atoms with Gasteiger partial charge in [0.1, 0.15) is 11.2 Å². The zero-order chi connectivity index (χ0) is 17.0. The maximum absolute atomic E-state index is 12.4. The number of rotatable bonds is 7. The van der Waals surface area contributed by atoms with E-state index in [0.29, 0.717) is 19.3 Å². The van der Waals surface area contributed by atoms with Crippen LogP contribution in [0, 0.1) is 5.92 Å². The molecule has 1 atom stereocenters. The van der Waals surface area contributed by atoms with Crippen LogP contribution in [0.5, 0.6) is 0 Å². The van der Waals surface area contributed by atoms with Crippen LogP contribution < -0.4 is 10.6 Å². The van der Waals surface area contributed by atoms with E-state index in [1.807, 2.05) is 13.8 Å². The quantitative estimate of drug-likeness (QED) is 0.492. The van der Waals surface area contributed by atoms with Gasteiger partial charge in [0.2, 0.25) is 5.91 Å². The van der Waals surface area contributed by atoms with Crippen LogP contribution in [-0.2, 0) is 4.79 Å². The van der Waals surface area contributed by atoms with Gasteiger partial charge >= 0.3 is 7.12 Å². The van der Waals surface area contributed by atoms with Gasteiger partial charge in [-0.3, -0.25) is 14.6 Å². The van der Waals surface area contributed by atoms with Crippen LogP contribution in [0.25, 0.3) is 0 Å². The van der Waals surface area contributed by atoms with Gasteiger partial charge in [0, 0.05) is 12.4 Å². The number of carbonyl (C=O) groups is 2. The maximum Gasteiger partial charge on any atom is 0.475 e. The first-order valence-electron chi connectivity index (χ1n) is 7.60. The summed E-state index contributed by atoms with van der Waals surface area (Å²) in [6, 6.07) is 0. The molecule has 0 aromatic carbocycles. The molecular weight excluding hydrogens is 299 g/mol. The van der Waals surface area contributed by atoms with Crippen LogP contribution in [0.4, 0.5) is 0 Å². The van der Waals surface area contributed by atoms with E-state index < -0.39 is 30.4 Å². The van der Waals surface area contributed by atoms with E-state index in [4.69, 9.17) is 0 Å². The van der Waals surface area contributed by atoms with Crippen LogP contribution in [-0.4, -0.2) is 50.4 Å². The van der Waals surface area contributed by atoms with Crippen molar-refractivity contribution in [2.24, 2.45) is 5.92 Å². The van der Waals surface area contributed by atoms with Crippen molar-refractivity contribution in [1.29, 1.82) is 0 Å². The molecule has 0 spiro atoms. The Hall–Kier alpha value is -2.00. The number of hydrogen-bond acceptors (Lipinski definition) is 6. The Morgan fingerprint density at radius 3 is 2.52 bits per heavy atom. The van der Waals surface area contributed by atoms with E-state index in [1.54, 1.807) is 0 Å². The molecule has 0 saturated heterocycles. The van der Waals surface area contributed by atoms with Gasteiger partial charge in [0.25, 0.3) is 5.91 Å². The average Bonchev–Trinajstić information content (AvgIpc) is 3.27. The molecule has 1 aliphatic carbocycles. The topological polar surface area (TPSA) is 124 Å². The van der Waals surface area contributed by atoms with E-state index in [9.17, 15) is 19.6 Å². The number of aromatic nitrogens is 2. The molecule has 1 unspecified atom stereocenters. The third-order valence-electron chi connectivity index (χ3n) is 3.73. The van der Waals surface area contributed by atoms with Crippen LogP contribution in [0.15, 0.2) is 18.6 Å². The molecular formula is C14H21BN4O4. The zero-order valence-electron chi connectivity index (χ0n) is 13.2. The van der Waals surface area contributed by atoms with E-state index in [0.717, 1.165) is 0 Å². The molecule has 23 heavy (non-hydrogen) atoms. The monoisotopic (exact) mass is 320 g/mol. The summed E-state index contributed by atoms with van der Waals surface area (Å²) < 4.78 is 0. The Kier molecular flexibility index (Phi) is 5.32. The molecule has 0 aliphatic heterocycles. The number of hydrogen-bond donors (Lipinski definition) is 4. The van der Waals surface area contributed by atoms with E-state index in [1.165, 1.54) is 18.6 Å². The second-order valence-corrected chi connectivity index (χ2v) is 6.25. The fourth-order valence-electron chi connectivity index (χ4n) is 2.30. The molecule has 4 N–H and O–H groups in total. The van der Waals surface area contributed by atoms with Crippen molar-refractivity contribution >= 4 is 18.9 Å². The van der Waals surface area contributed by atoms with Gasteiger partial charge in [-0.2, -0.15) is 0 Å². The van der Waals surface area contributed by atoms with E-state index in [-0.39, 0.29) is 11.6 Å². The SMILES string of the molecule is CC(C)CC(NC(=O)C1(NC(=O)c2cnccn2)CC1)B(O)O. The predicted molar refractivity (Wildman–Crippen MR) is 83.0 cm³/mol. The molecule has 0 bridgehead atoms. The van der Waals surface area contributed by atoms with Crippen LogP contribution in [0.2, 0.25) is 0 Å². The standard InChI is InChI=1S/C14H21BN4O4/c1-9(2)7-11(15(22)23)18-13(21)14(3-4-14)19-12(20)10-8-16-5-6-17-10/h5-6,8-9,11,22-23H,3-4,7H2,1-2H3,(H,18,21)(H,19,20). The Balaban J connectivity index is 1.99. The van der Waals surface area contributed by atoms with Gasteiger partial charge in [-0.15, -0.1) is 0 Å². The number of nitrogens with zero attached hydrogens (tertiary/aromatic N) is 2. The van der Waals surface area contributed by atoms with Crippen LogP contribution >= 0.6 is 0 Å². The van der Waals surface area contributed by atoms with Crippen LogP contribution in [0.3, 0.4) is 0 Å². The van der Waals surface area contributed by atoms with Gasteiger partial charge in [-0.05, 0) is 25.2 Å². The molecule has 1 fully saturated rings. The summed E-state index contributed by atoms with van der Waals surface area (Å²) in [6.07, 6.45) is 5.60. The first-order valence-corrected chi connectivity index (χ1v) is 7.60. The largest absolute Gasteiger partial charge is 0.475 e. The zero-order valence-corrected chi connectivity index (χ0v) is 13.2. The van der Waals surface area contributed by atoms with Crippen molar-refractivity contribution in [2.45, 2.75) is 44.6 Å². The third-order valence-corrected chi connectivity index (χ3v) is 3.73. The average molecular weight is 320 g/mol. The second-order valence-electron chi connectivity index (χ2n) is 6.25. The number of carbonyl (C=O) groups excluding carboxylic acids is 2. The fraction of sp³-hybridized carbons (Fsp3) is 0.571. The summed E-state index contributed by atoms with van der Waals surface area (Å²) in [4.78, 5) is 32.2. The Bertz CT molecular complexity index is 563. The molecule has 1 aliphatic rings. The van der Waals surface area contributed by atoms with E-state index >= 15 is 0 Å². The first kappa shape index (κ1) is 17.4. The summed E-state index contributed by atoms with van der Waals surface area (Å²) in [7, 11) is -1.65. The lowest BCUT2D eigenvalue weighted by molar-refractivity contribution is -0.124. The third kappa shape index (κ3) is 4.49. The van der Waals surface area contributed by atoms with Gasteiger partial charge in [0.05, 0.1) is 12.1 Å². The highest BCUT2D eigenvalue weighted by atomic mass is 16.4. The van der Waals surface area contributed by atoms with Gasteiger partial charge in [-0.25, -0.2) is 4.98 Å². The normalized spacial score (nSPS) is 16.6. The van der Waals surface area contributed by atoms with Gasteiger partial charge in [0.15, 0.2) is 0 Å². The minimum absolute atomic E-state index is 0.132. The summed E-state index contributed by atoms with van der Waals surface area (Å²) in [5.74, 6) is -1.47. The van der Waals surface area contributed by atoms with Crippen molar-refractivity contribution in [3.05, 3.63) is 24.3 Å². The Morgan fingerprint density at radius 1 is 1.35 bits per heavy atom. The first-order chi connectivity index (χ1) is 10.8. The summed E-state index contributed by atoms with van der Waals surface area (Å²) in [6.45, 7) is 3.84. The van der Waals surface area contributed by atoms with E-state index in [2.05, 4.69) is 20.6 Å². The molecule has 1 aromatic rings. The molecule has 9 heteroatoms. The lowest BCUT2D eigenvalue weighted by atomic mass is 9.75. The lowest BCUT2D eigenvalue weighted by Crippen LogP contribution is -2.55. The molecule has 124 valence electrons. The van der Waals surface area contributed by atoms with Crippen molar-refractivity contribution < 1.29 is 19.6 Å². The van der Waals surface area contributed by atoms with Crippen molar-refractivity contribution in [3.8, 4) is 0 Å². The minimum Gasteiger partial charge on any atom is -0.426 e. The summed E-state index contributed by atoms with van der Waals surface area (Å²) >= 11 is 0. The van der Waals surface area contributed by atoms with Crippen molar-refractivity contribution in [3.63, 3.8) is 0 Å². The Morgan fingerprint density at radius 2 is 2.04 bits per heavy atom. The second kappa shape index (κ2) is 7.05. The molecule has 1 aromatic heterocycles. The predicted octanol–water partition coefficient (Wildman–Crippen LogP) is -0.718. The van der Waals surface area contributed by atoms with Gasteiger partial charge in [-0.1, -0.05) is 13.8 Å². The molecule has 1 saturated carbocycles. The van der Waals surface area contributed by atoms with Gasteiger partial charge < -0.3 is 20.7 Å². The minimum atomic E-state index is -1.65. The molecule has 0 radical (unpaired) electrons. The summed E-state index contributed by atoms with van der Waals surface area (Å²) in [5.41, 5.74) is -0.869. The summed E-state index contributed by atoms with van der Waals surface area (Å²) in [5, 5.41) is 24.1. The molecule has 8 nitrogen and oxygen atoms in total. The fourth-order valence-corrected chi connectivity index (χ4v) is 2.30. The molecule has 2 rings (SSSR count). The molecule has 2 amide bonds. The number of nitrogens with one attached hydrogen (secondary N) is 2. The maximum atomic E-state index is 12.4. The molecule has 1 heterocycles. The highest BCUT2D eigenvalue weighted by molar-refractivity contribution is 6.43. The highest BCUT2D eigenvalue weighted by Gasteiger charge is 2.52. The lowest BCUT2D eigenvalue weighted by Gasteiger charge is -2.23. The van der Waals surface area contributed by atoms with Crippen molar-refractivity contribution in [1.82, 2.24) is 20.6 Å².